The number of rotatable bonds is 2. The molecule has 2 atom stereocenters. The summed E-state index contributed by atoms with van der Waals surface area (Å²) in [5.41, 5.74) is 7.63. The van der Waals surface area contributed by atoms with E-state index in [0.29, 0.717) is 0 Å². The molecule has 1 aromatic carbocycles. The molecule has 0 aromatic heterocycles. The third-order valence-corrected chi connectivity index (χ3v) is 3.39. The minimum Gasteiger partial charge on any atom is -0.369 e. The van der Waals surface area contributed by atoms with Gasteiger partial charge in [0.2, 0.25) is 0 Å². The van der Waals surface area contributed by atoms with Gasteiger partial charge < -0.3 is 15.4 Å². The van der Waals surface area contributed by atoms with E-state index in [1.54, 1.807) is 0 Å². The molecule has 1 heterocycles. The minimum atomic E-state index is -0.239. The predicted octanol–water partition coefficient (Wildman–Crippen LogP) is 2.85. The number of hydrogen-bond donors (Lipinski definition) is 1. The Labute approximate surface area is 114 Å². The van der Waals surface area contributed by atoms with E-state index >= 15 is 0 Å². The normalized spacial score (nSPS) is 24.3. The Morgan fingerprint density at radius 2 is 2.16 bits per heavy atom. The molecular formula is C15H23FN2O. The van der Waals surface area contributed by atoms with Crippen molar-refractivity contribution in [3.8, 4) is 0 Å². The zero-order valence-electron chi connectivity index (χ0n) is 12.1. The number of halogens is 1. The zero-order valence-corrected chi connectivity index (χ0v) is 12.1. The van der Waals surface area contributed by atoms with Crippen LogP contribution in [0, 0.1) is 5.82 Å². The van der Waals surface area contributed by atoms with Crippen molar-refractivity contribution in [1.29, 1.82) is 0 Å². The Hall–Kier alpha value is -1.13. The largest absolute Gasteiger partial charge is 0.369 e. The number of morpholine rings is 1. The molecule has 1 aromatic rings. The van der Waals surface area contributed by atoms with Gasteiger partial charge in [0, 0.05) is 24.8 Å². The van der Waals surface area contributed by atoms with Crippen molar-refractivity contribution in [2.75, 3.05) is 18.0 Å². The van der Waals surface area contributed by atoms with Gasteiger partial charge in [-0.05, 0) is 51.5 Å². The molecule has 1 unspecified atom stereocenters. The highest BCUT2D eigenvalue weighted by atomic mass is 19.1. The molecule has 0 saturated carbocycles. The number of hydrogen-bond acceptors (Lipinski definition) is 3. The van der Waals surface area contributed by atoms with Crippen LogP contribution in [0.1, 0.15) is 39.3 Å². The summed E-state index contributed by atoms with van der Waals surface area (Å²) in [5.74, 6) is -0.239. The SMILES string of the molecule is CC1CN(c2ccc(F)cc2[C@@H](C)N)CC(C)(C)O1. The molecule has 4 heteroatoms. The highest BCUT2D eigenvalue weighted by Crippen LogP contribution is 2.31. The van der Waals surface area contributed by atoms with Crippen LogP contribution in [0.5, 0.6) is 0 Å². The van der Waals surface area contributed by atoms with Gasteiger partial charge in [0.05, 0.1) is 11.7 Å². The Morgan fingerprint density at radius 1 is 1.47 bits per heavy atom. The van der Waals surface area contributed by atoms with Crippen molar-refractivity contribution in [1.82, 2.24) is 0 Å². The fourth-order valence-corrected chi connectivity index (χ4v) is 2.82. The number of nitrogens with two attached hydrogens (primary N) is 1. The molecule has 1 saturated heterocycles. The molecule has 2 N–H and O–H groups in total. The summed E-state index contributed by atoms with van der Waals surface area (Å²) in [7, 11) is 0. The van der Waals surface area contributed by atoms with E-state index in [-0.39, 0.29) is 23.6 Å². The van der Waals surface area contributed by atoms with E-state index in [4.69, 9.17) is 10.5 Å². The van der Waals surface area contributed by atoms with Crippen molar-refractivity contribution in [2.45, 2.75) is 45.4 Å². The second kappa shape index (κ2) is 5.10. The van der Waals surface area contributed by atoms with E-state index in [1.807, 2.05) is 13.0 Å². The highest BCUT2D eigenvalue weighted by Gasteiger charge is 2.32. The number of ether oxygens (including phenoxy) is 1. The van der Waals surface area contributed by atoms with Gasteiger partial charge in [0.15, 0.2) is 0 Å². The Kier molecular flexibility index (Phi) is 3.83. The fraction of sp³-hybridized carbons (Fsp3) is 0.600. The molecule has 0 amide bonds. The topological polar surface area (TPSA) is 38.5 Å². The van der Waals surface area contributed by atoms with Gasteiger partial charge in [-0.25, -0.2) is 4.39 Å². The van der Waals surface area contributed by atoms with Gasteiger partial charge in [0.25, 0.3) is 0 Å². The van der Waals surface area contributed by atoms with E-state index in [2.05, 4.69) is 25.7 Å². The molecular weight excluding hydrogens is 243 g/mol. The summed E-state index contributed by atoms with van der Waals surface area (Å²) in [4.78, 5) is 2.24. The van der Waals surface area contributed by atoms with Crippen LogP contribution in [0.25, 0.3) is 0 Å². The molecule has 3 nitrogen and oxygen atoms in total. The van der Waals surface area contributed by atoms with Gasteiger partial charge in [-0.3, -0.25) is 0 Å². The standard InChI is InChI=1S/C15H23FN2O/c1-10-8-18(9-15(3,4)19-10)14-6-5-12(16)7-13(14)11(2)17/h5-7,10-11H,8-9,17H2,1-4H3/t10?,11-/m1/s1. The lowest BCUT2D eigenvalue weighted by molar-refractivity contribution is -0.0750. The molecule has 0 aliphatic carbocycles. The van der Waals surface area contributed by atoms with E-state index in [9.17, 15) is 4.39 Å². The summed E-state index contributed by atoms with van der Waals surface area (Å²) in [6, 6.07) is 4.66. The fourth-order valence-electron chi connectivity index (χ4n) is 2.82. The first kappa shape index (κ1) is 14.3. The molecule has 1 fully saturated rings. The van der Waals surface area contributed by atoms with E-state index < -0.39 is 0 Å². The average molecular weight is 266 g/mol. The van der Waals surface area contributed by atoms with Crippen LogP contribution >= 0.6 is 0 Å². The van der Waals surface area contributed by atoms with Gasteiger partial charge in [-0.15, -0.1) is 0 Å². The zero-order chi connectivity index (χ0) is 14.2. The molecule has 19 heavy (non-hydrogen) atoms. The van der Waals surface area contributed by atoms with E-state index in [0.717, 1.165) is 24.3 Å². The van der Waals surface area contributed by atoms with Gasteiger partial charge >= 0.3 is 0 Å². The van der Waals surface area contributed by atoms with Gasteiger partial charge in [-0.2, -0.15) is 0 Å². The molecule has 1 aliphatic rings. The maximum absolute atomic E-state index is 13.4. The van der Waals surface area contributed by atoms with Gasteiger partial charge in [-0.1, -0.05) is 0 Å². The van der Waals surface area contributed by atoms with Crippen LogP contribution in [0.2, 0.25) is 0 Å². The van der Waals surface area contributed by atoms with Crippen molar-refractivity contribution >= 4 is 5.69 Å². The first-order valence-electron chi connectivity index (χ1n) is 6.76. The monoisotopic (exact) mass is 266 g/mol. The van der Waals surface area contributed by atoms with Crippen LogP contribution in [0.3, 0.4) is 0 Å². The minimum absolute atomic E-state index is 0.148. The van der Waals surface area contributed by atoms with Crippen molar-refractivity contribution in [3.63, 3.8) is 0 Å². The molecule has 106 valence electrons. The first-order chi connectivity index (χ1) is 8.78. The van der Waals surface area contributed by atoms with Crippen LogP contribution in [-0.4, -0.2) is 24.8 Å². The lowest BCUT2D eigenvalue weighted by Gasteiger charge is -2.43. The van der Waals surface area contributed by atoms with Crippen LogP contribution in [0.15, 0.2) is 18.2 Å². The lowest BCUT2D eigenvalue weighted by Crippen LogP contribution is -2.52. The summed E-state index contributed by atoms with van der Waals surface area (Å²) in [6.07, 6.45) is 0.148. The third kappa shape index (κ3) is 3.25. The van der Waals surface area contributed by atoms with Crippen molar-refractivity contribution in [2.24, 2.45) is 5.73 Å². The Balaban J connectivity index is 2.35. The smallest absolute Gasteiger partial charge is 0.123 e. The van der Waals surface area contributed by atoms with Crippen molar-refractivity contribution < 1.29 is 9.13 Å². The lowest BCUT2D eigenvalue weighted by atomic mass is 10.0. The molecule has 0 spiro atoms. The average Bonchev–Trinajstić information content (AvgIpc) is 2.25. The van der Waals surface area contributed by atoms with Crippen LogP contribution in [0.4, 0.5) is 10.1 Å². The Bertz CT molecular complexity index is 459. The van der Waals surface area contributed by atoms with Crippen LogP contribution in [-0.2, 0) is 4.74 Å². The number of benzene rings is 1. The molecule has 0 bridgehead atoms. The molecule has 0 radical (unpaired) electrons. The number of nitrogens with zero attached hydrogens (tertiary/aromatic N) is 1. The van der Waals surface area contributed by atoms with Crippen LogP contribution < -0.4 is 10.6 Å². The number of anilines is 1. The first-order valence-corrected chi connectivity index (χ1v) is 6.76. The third-order valence-electron chi connectivity index (χ3n) is 3.39. The summed E-state index contributed by atoms with van der Waals surface area (Å²) in [5, 5.41) is 0. The van der Waals surface area contributed by atoms with Crippen molar-refractivity contribution in [3.05, 3.63) is 29.6 Å². The second-order valence-corrected chi connectivity index (χ2v) is 6.06. The second-order valence-electron chi connectivity index (χ2n) is 6.06. The summed E-state index contributed by atoms with van der Waals surface area (Å²) >= 11 is 0. The maximum Gasteiger partial charge on any atom is 0.123 e. The molecule has 1 aliphatic heterocycles. The quantitative estimate of drug-likeness (QED) is 0.894. The van der Waals surface area contributed by atoms with Gasteiger partial charge in [0.1, 0.15) is 5.82 Å². The summed E-state index contributed by atoms with van der Waals surface area (Å²) < 4.78 is 19.3. The molecule has 2 rings (SSSR count). The highest BCUT2D eigenvalue weighted by molar-refractivity contribution is 5.55. The van der Waals surface area contributed by atoms with E-state index in [1.165, 1.54) is 12.1 Å². The Morgan fingerprint density at radius 3 is 2.74 bits per heavy atom. The summed E-state index contributed by atoms with van der Waals surface area (Å²) in [6.45, 7) is 9.67. The maximum atomic E-state index is 13.4. The predicted molar refractivity (Wildman–Crippen MR) is 75.8 cm³/mol.